The first kappa shape index (κ1) is 15.9. The Kier molecular flexibility index (Phi) is 4.43. The quantitative estimate of drug-likeness (QED) is 0.774. The summed E-state index contributed by atoms with van der Waals surface area (Å²) in [5.74, 6) is -1.84. The second kappa shape index (κ2) is 6.67. The number of rotatable bonds is 4. The third-order valence-corrected chi connectivity index (χ3v) is 3.52. The smallest absolute Gasteiger partial charge is 0.339 e. The van der Waals surface area contributed by atoms with Gasteiger partial charge in [-0.05, 0) is 12.1 Å². The SMILES string of the molecule is O=C(O)c1ccc(Nc2ncc(F)c(N3CCOCC3)n2)cc1O. The molecule has 2 heterocycles. The molecular weight excluding hydrogens is 319 g/mol. The van der Waals surface area contributed by atoms with Crippen molar-refractivity contribution in [1.82, 2.24) is 9.97 Å². The maximum atomic E-state index is 14.0. The van der Waals surface area contributed by atoms with Crippen molar-refractivity contribution in [3.8, 4) is 5.75 Å². The first-order chi connectivity index (χ1) is 11.5. The number of benzene rings is 1. The van der Waals surface area contributed by atoms with Gasteiger partial charge in [0, 0.05) is 24.8 Å². The number of carbonyl (C=O) groups is 1. The van der Waals surface area contributed by atoms with E-state index in [9.17, 15) is 14.3 Å². The Morgan fingerprint density at radius 3 is 2.75 bits per heavy atom. The van der Waals surface area contributed by atoms with Gasteiger partial charge >= 0.3 is 5.97 Å². The zero-order chi connectivity index (χ0) is 17.1. The molecule has 1 aliphatic rings. The topological polar surface area (TPSA) is 108 Å². The summed E-state index contributed by atoms with van der Waals surface area (Å²) in [5.41, 5.74) is 0.173. The van der Waals surface area contributed by atoms with Crippen LogP contribution in [0.5, 0.6) is 5.75 Å². The van der Waals surface area contributed by atoms with Gasteiger partial charge < -0.3 is 25.2 Å². The number of aromatic carboxylic acids is 1. The van der Waals surface area contributed by atoms with Gasteiger partial charge in [-0.1, -0.05) is 0 Å². The highest BCUT2D eigenvalue weighted by atomic mass is 19.1. The lowest BCUT2D eigenvalue weighted by molar-refractivity contribution is 0.0694. The Bertz CT molecular complexity index is 765. The highest BCUT2D eigenvalue weighted by molar-refractivity contribution is 5.91. The molecule has 0 saturated carbocycles. The number of carboxylic acids is 1. The lowest BCUT2D eigenvalue weighted by Gasteiger charge is -2.28. The largest absolute Gasteiger partial charge is 0.507 e. The van der Waals surface area contributed by atoms with Crippen LogP contribution in [-0.4, -0.2) is 52.5 Å². The summed E-state index contributed by atoms with van der Waals surface area (Å²) in [5, 5.41) is 21.4. The minimum atomic E-state index is -1.23. The van der Waals surface area contributed by atoms with E-state index < -0.39 is 11.8 Å². The summed E-state index contributed by atoms with van der Waals surface area (Å²) in [6.07, 6.45) is 1.06. The normalized spacial score (nSPS) is 14.5. The fourth-order valence-corrected chi connectivity index (χ4v) is 2.33. The number of anilines is 3. The number of aromatic hydroxyl groups is 1. The van der Waals surface area contributed by atoms with Crippen molar-refractivity contribution < 1.29 is 24.1 Å². The van der Waals surface area contributed by atoms with E-state index in [4.69, 9.17) is 9.84 Å². The zero-order valence-electron chi connectivity index (χ0n) is 12.6. The molecule has 1 aliphatic heterocycles. The maximum Gasteiger partial charge on any atom is 0.339 e. The van der Waals surface area contributed by atoms with Crippen LogP contribution >= 0.6 is 0 Å². The summed E-state index contributed by atoms with van der Waals surface area (Å²) >= 11 is 0. The highest BCUT2D eigenvalue weighted by Gasteiger charge is 2.18. The average molecular weight is 334 g/mol. The number of halogens is 1. The van der Waals surface area contributed by atoms with E-state index in [-0.39, 0.29) is 23.1 Å². The van der Waals surface area contributed by atoms with Crippen molar-refractivity contribution in [3.63, 3.8) is 0 Å². The van der Waals surface area contributed by atoms with Crippen LogP contribution < -0.4 is 10.2 Å². The Morgan fingerprint density at radius 1 is 1.33 bits per heavy atom. The van der Waals surface area contributed by atoms with Crippen molar-refractivity contribution in [3.05, 3.63) is 35.8 Å². The average Bonchev–Trinajstić information content (AvgIpc) is 2.57. The van der Waals surface area contributed by atoms with Crippen LogP contribution in [-0.2, 0) is 4.74 Å². The van der Waals surface area contributed by atoms with Gasteiger partial charge in [0.1, 0.15) is 11.3 Å². The number of nitrogens with one attached hydrogen (secondary N) is 1. The van der Waals surface area contributed by atoms with E-state index in [0.29, 0.717) is 32.0 Å². The zero-order valence-corrected chi connectivity index (χ0v) is 12.6. The van der Waals surface area contributed by atoms with E-state index in [0.717, 1.165) is 6.20 Å². The Balaban J connectivity index is 1.82. The number of morpholine rings is 1. The minimum Gasteiger partial charge on any atom is -0.507 e. The predicted molar refractivity (Wildman–Crippen MR) is 83.4 cm³/mol. The molecule has 0 bridgehead atoms. The van der Waals surface area contributed by atoms with E-state index in [2.05, 4.69) is 15.3 Å². The molecule has 0 amide bonds. The fourth-order valence-electron chi connectivity index (χ4n) is 2.33. The van der Waals surface area contributed by atoms with Crippen molar-refractivity contribution in [2.45, 2.75) is 0 Å². The number of carboxylic acid groups (broad SMARTS) is 1. The summed E-state index contributed by atoms with van der Waals surface area (Å²) in [4.78, 5) is 20.7. The molecule has 1 saturated heterocycles. The lowest BCUT2D eigenvalue weighted by Crippen LogP contribution is -2.37. The third-order valence-electron chi connectivity index (χ3n) is 3.52. The number of hydrogen-bond donors (Lipinski definition) is 3. The van der Waals surface area contributed by atoms with Crippen molar-refractivity contribution in [1.29, 1.82) is 0 Å². The minimum absolute atomic E-state index is 0.139. The molecule has 8 nitrogen and oxygen atoms in total. The fraction of sp³-hybridized carbons (Fsp3) is 0.267. The first-order valence-electron chi connectivity index (χ1n) is 7.23. The third kappa shape index (κ3) is 3.35. The molecule has 1 aromatic heterocycles. The Labute approximate surface area is 136 Å². The Hall–Kier alpha value is -2.94. The van der Waals surface area contributed by atoms with Gasteiger partial charge in [-0.2, -0.15) is 4.98 Å². The highest BCUT2D eigenvalue weighted by Crippen LogP contribution is 2.25. The summed E-state index contributed by atoms with van der Waals surface area (Å²) in [6, 6.07) is 3.96. The number of aromatic nitrogens is 2. The Morgan fingerprint density at radius 2 is 2.08 bits per heavy atom. The van der Waals surface area contributed by atoms with E-state index in [1.807, 2.05) is 0 Å². The molecule has 0 spiro atoms. The second-order valence-corrected chi connectivity index (χ2v) is 5.13. The number of ether oxygens (including phenoxy) is 1. The molecule has 0 atom stereocenters. The molecule has 24 heavy (non-hydrogen) atoms. The molecule has 0 unspecified atom stereocenters. The molecule has 126 valence electrons. The van der Waals surface area contributed by atoms with E-state index in [1.54, 1.807) is 4.90 Å². The standard InChI is InChI=1S/C15H15FN4O4/c16-11-8-17-15(19-13(11)20-3-5-24-6-4-20)18-9-1-2-10(14(22)23)12(21)7-9/h1-2,7-8,21H,3-6H2,(H,22,23)(H,17,18,19). The van der Waals surface area contributed by atoms with Crippen LogP contribution in [0.3, 0.4) is 0 Å². The molecule has 1 aromatic carbocycles. The molecule has 0 radical (unpaired) electrons. The summed E-state index contributed by atoms with van der Waals surface area (Å²) < 4.78 is 19.2. The molecule has 9 heteroatoms. The van der Waals surface area contributed by atoms with Crippen LogP contribution in [0.2, 0.25) is 0 Å². The van der Waals surface area contributed by atoms with E-state index >= 15 is 0 Å². The van der Waals surface area contributed by atoms with Gasteiger partial charge in [-0.15, -0.1) is 0 Å². The van der Waals surface area contributed by atoms with Crippen LogP contribution in [0, 0.1) is 5.82 Å². The second-order valence-electron chi connectivity index (χ2n) is 5.13. The van der Waals surface area contributed by atoms with Gasteiger partial charge in [0.05, 0.1) is 19.4 Å². The van der Waals surface area contributed by atoms with Crippen LogP contribution in [0.25, 0.3) is 0 Å². The van der Waals surface area contributed by atoms with Gasteiger partial charge in [-0.3, -0.25) is 0 Å². The van der Waals surface area contributed by atoms with Gasteiger partial charge in [0.2, 0.25) is 5.95 Å². The summed E-state index contributed by atoms with van der Waals surface area (Å²) in [7, 11) is 0. The van der Waals surface area contributed by atoms with Gasteiger partial charge in [0.15, 0.2) is 11.6 Å². The van der Waals surface area contributed by atoms with Crippen LogP contribution in [0.15, 0.2) is 24.4 Å². The predicted octanol–water partition coefficient (Wildman–Crippen LogP) is 1.60. The number of phenols is 1. The number of hydrogen-bond acceptors (Lipinski definition) is 7. The van der Waals surface area contributed by atoms with Crippen molar-refractivity contribution in [2.75, 3.05) is 36.5 Å². The lowest BCUT2D eigenvalue weighted by atomic mass is 10.2. The monoisotopic (exact) mass is 334 g/mol. The van der Waals surface area contributed by atoms with Crippen LogP contribution in [0.1, 0.15) is 10.4 Å². The first-order valence-corrected chi connectivity index (χ1v) is 7.23. The molecule has 3 N–H and O–H groups in total. The molecule has 1 fully saturated rings. The molecule has 0 aliphatic carbocycles. The molecular formula is C15H15FN4O4. The molecule has 3 rings (SSSR count). The van der Waals surface area contributed by atoms with Gasteiger partial charge in [-0.25, -0.2) is 14.2 Å². The summed E-state index contributed by atoms with van der Waals surface area (Å²) in [6.45, 7) is 2.05. The van der Waals surface area contributed by atoms with Crippen molar-refractivity contribution >= 4 is 23.4 Å². The molecule has 2 aromatic rings. The number of nitrogens with zero attached hydrogens (tertiary/aromatic N) is 3. The van der Waals surface area contributed by atoms with Gasteiger partial charge in [0.25, 0.3) is 0 Å². The van der Waals surface area contributed by atoms with Crippen molar-refractivity contribution in [2.24, 2.45) is 0 Å². The van der Waals surface area contributed by atoms with Crippen LogP contribution in [0.4, 0.5) is 21.8 Å². The maximum absolute atomic E-state index is 14.0. The van der Waals surface area contributed by atoms with E-state index in [1.165, 1.54) is 18.2 Å².